The second-order valence-electron chi connectivity index (χ2n) is 7.31. The van der Waals surface area contributed by atoms with E-state index >= 15 is 0 Å². The third-order valence-electron chi connectivity index (χ3n) is 4.91. The minimum Gasteiger partial charge on any atom is -0.492 e. The first kappa shape index (κ1) is 25.1. The average molecular weight is 462 g/mol. The van der Waals surface area contributed by atoms with Gasteiger partial charge in [0.25, 0.3) is 0 Å². The summed E-state index contributed by atoms with van der Waals surface area (Å²) in [6.45, 7) is 2.37. The highest BCUT2D eigenvalue weighted by Crippen LogP contribution is 2.31. The number of benzene rings is 2. The molecule has 1 fully saturated rings. The van der Waals surface area contributed by atoms with E-state index in [4.69, 9.17) is 14.9 Å². The minimum atomic E-state index is -3.29. The van der Waals surface area contributed by atoms with Gasteiger partial charge in [-0.2, -0.15) is 0 Å². The van der Waals surface area contributed by atoms with Gasteiger partial charge in [-0.3, -0.25) is 0 Å². The summed E-state index contributed by atoms with van der Waals surface area (Å²) in [5, 5.41) is 19.0. The van der Waals surface area contributed by atoms with E-state index in [1.807, 2.05) is 6.07 Å². The molecule has 0 unspecified atom stereocenters. The Bertz CT molecular complexity index is 1020. The molecule has 0 saturated carbocycles. The first-order valence-corrected chi connectivity index (χ1v) is 11.9. The molecule has 3 N–H and O–H groups in total. The first-order valence-electron chi connectivity index (χ1n) is 10.00. The van der Waals surface area contributed by atoms with Gasteiger partial charge in [-0.15, -0.1) is 0 Å². The largest absolute Gasteiger partial charge is 0.492 e. The molecule has 0 radical (unpaired) electrons. The number of carboxylic acid groups (broad SMARTS) is 2. The van der Waals surface area contributed by atoms with E-state index in [-0.39, 0.29) is 4.90 Å². The number of hydrogen-bond donors (Lipinski definition) is 3. The number of hydrogen-bond acceptors (Lipinski definition) is 6. The molecule has 2 aromatic carbocycles. The van der Waals surface area contributed by atoms with Crippen LogP contribution < -0.4 is 10.1 Å². The van der Waals surface area contributed by atoms with Crippen LogP contribution >= 0.6 is 0 Å². The summed E-state index contributed by atoms with van der Waals surface area (Å²) in [4.78, 5) is 19.4. The molecule has 0 spiro atoms. The van der Waals surface area contributed by atoms with E-state index in [0.717, 1.165) is 19.5 Å². The lowest BCUT2D eigenvalue weighted by Crippen LogP contribution is -2.38. The van der Waals surface area contributed by atoms with Crippen LogP contribution in [-0.4, -0.2) is 56.5 Å². The van der Waals surface area contributed by atoms with Crippen molar-refractivity contribution in [3.63, 3.8) is 0 Å². The van der Waals surface area contributed by atoms with Crippen molar-refractivity contribution < 1.29 is 33.0 Å². The van der Waals surface area contributed by atoms with Gasteiger partial charge in [0.2, 0.25) is 0 Å². The van der Waals surface area contributed by atoms with Gasteiger partial charge in [0.1, 0.15) is 10.6 Å². The van der Waals surface area contributed by atoms with E-state index < -0.39 is 21.8 Å². The molecule has 1 saturated heterocycles. The van der Waals surface area contributed by atoms with Crippen LogP contribution in [0.15, 0.2) is 71.6 Å². The second kappa shape index (κ2) is 12.0. The van der Waals surface area contributed by atoms with Gasteiger partial charge in [0, 0.05) is 30.9 Å². The molecule has 1 heterocycles. The minimum absolute atomic E-state index is 0.255. The quantitative estimate of drug-likeness (QED) is 0.537. The lowest BCUT2D eigenvalue weighted by molar-refractivity contribution is -0.134. The number of sulfone groups is 1. The van der Waals surface area contributed by atoms with Crippen LogP contribution in [-0.2, 0) is 19.4 Å². The SMILES string of the molecule is CS(=O)(=O)c1ccccc1OC[C@@H]1CNCC[C@H]1c1ccccc1.O=C(O)/C=C/C(=O)O. The van der Waals surface area contributed by atoms with Crippen molar-refractivity contribution in [3.05, 3.63) is 72.3 Å². The maximum Gasteiger partial charge on any atom is 0.328 e. The summed E-state index contributed by atoms with van der Waals surface area (Å²) in [5.41, 5.74) is 1.32. The Morgan fingerprint density at radius 3 is 2.22 bits per heavy atom. The Hall–Kier alpha value is -3.17. The van der Waals surface area contributed by atoms with Crippen molar-refractivity contribution in [2.24, 2.45) is 5.92 Å². The van der Waals surface area contributed by atoms with Gasteiger partial charge in [-0.1, -0.05) is 42.5 Å². The summed E-state index contributed by atoms with van der Waals surface area (Å²) < 4.78 is 29.7. The monoisotopic (exact) mass is 461 g/mol. The maximum absolute atomic E-state index is 11.9. The number of para-hydroxylation sites is 1. The Kier molecular flexibility index (Phi) is 9.42. The Labute approximate surface area is 187 Å². The number of nitrogens with one attached hydrogen (secondary N) is 1. The molecule has 9 heteroatoms. The highest BCUT2D eigenvalue weighted by Gasteiger charge is 2.27. The zero-order valence-electron chi connectivity index (χ0n) is 17.7. The third-order valence-corrected chi connectivity index (χ3v) is 6.04. The number of rotatable bonds is 7. The predicted molar refractivity (Wildman–Crippen MR) is 120 cm³/mol. The van der Waals surface area contributed by atoms with Gasteiger partial charge in [0.15, 0.2) is 9.84 Å². The molecule has 0 aromatic heterocycles. The molecule has 3 rings (SSSR count). The van der Waals surface area contributed by atoms with E-state index in [1.165, 1.54) is 11.8 Å². The summed E-state index contributed by atoms with van der Waals surface area (Å²) in [5.74, 6) is -1.33. The maximum atomic E-state index is 11.9. The molecule has 1 aliphatic rings. The van der Waals surface area contributed by atoms with Gasteiger partial charge in [0.05, 0.1) is 6.61 Å². The Morgan fingerprint density at radius 1 is 1.03 bits per heavy atom. The summed E-state index contributed by atoms with van der Waals surface area (Å²) in [7, 11) is -3.29. The van der Waals surface area contributed by atoms with Gasteiger partial charge >= 0.3 is 11.9 Å². The zero-order valence-corrected chi connectivity index (χ0v) is 18.5. The Morgan fingerprint density at radius 2 is 1.62 bits per heavy atom. The highest BCUT2D eigenvalue weighted by molar-refractivity contribution is 7.90. The molecule has 2 aromatic rings. The van der Waals surface area contributed by atoms with Crippen LogP contribution in [0.25, 0.3) is 0 Å². The van der Waals surface area contributed by atoms with Crippen LogP contribution in [0.3, 0.4) is 0 Å². The fourth-order valence-electron chi connectivity index (χ4n) is 3.45. The molecule has 0 bridgehead atoms. The standard InChI is InChI=1S/C19H23NO3S.C4H4O4/c1-24(21,22)19-10-6-5-9-18(19)23-14-16-13-20-12-11-17(16)15-7-3-2-4-8-15;5-3(6)1-2-4(7)8/h2-10,16-17,20H,11-14H2,1H3;1-2H,(H,5,6)(H,7,8)/b;2-1+/t16-,17-;/m0./s1. The molecule has 0 amide bonds. The average Bonchev–Trinajstić information content (AvgIpc) is 2.77. The van der Waals surface area contributed by atoms with Gasteiger partial charge in [-0.25, -0.2) is 18.0 Å². The molecule has 32 heavy (non-hydrogen) atoms. The van der Waals surface area contributed by atoms with Crippen molar-refractivity contribution in [2.75, 3.05) is 26.0 Å². The summed E-state index contributed by atoms with van der Waals surface area (Å²) in [6.07, 6.45) is 3.39. The molecule has 2 atom stereocenters. The van der Waals surface area contributed by atoms with Crippen molar-refractivity contribution in [2.45, 2.75) is 17.2 Å². The number of aliphatic carboxylic acids is 2. The van der Waals surface area contributed by atoms with Crippen LogP contribution in [0.2, 0.25) is 0 Å². The second-order valence-corrected chi connectivity index (χ2v) is 9.29. The first-order chi connectivity index (χ1) is 15.2. The fraction of sp³-hybridized carbons (Fsp3) is 0.304. The zero-order chi connectivity index (χ0) is 23.6. The number of carbonyl (C=O) groups is 2. The van der Waals surface area contributed by atoms with E-state index in [1.54, 1.807) is 24.3 Å². The van der Waals surface area contributed by atoms with E-state index in [0.29, 0.717) is 36.3 Å². The van der Waals surface area contributed by atoms with Crippen molar-refractivity contribution in [1.82, 2.24) is 5.32 Å². The van der Waals surface area contributed by atoms with E-state index in [9.17, 15) is 18.0 Å². The number of ether oxygens (including phenoxy) is 1. The van der Waals surface area contributed by atoms with Gasteiger partial charge < -0.3 is 20.3 Å². The summed E-state index contributed by atoms with van der Waals surface area (Å²) in [6, 6.07) is 17.3. The van der Waals surface area contributed by atoms with Crippen molar-refractivity contribution in [1.29, 1.82) is 0 Å². The normalized spacial score (nSPS) is 18.4. The van der Waals surface area contributed by atoms with Crippen LogP contribution in [0, 0.1) is 5.92 Å². The topological polar surface area (TPSA) is 130 Å². The number of piperidine rings is 1. The van der Waals surface area contributed by atoms with Crippen molar-refractivity contribution >= 4 is 21.8 Å². The lowest BCUT2D eigenvalue weighted by atomic mass is 9.81. The molecule has 1 aliphatic heterocycles. The lowest BCUT2D eigenvalue weighted by Gasteiger charge is -2.32. The number of carboxylic acids is 2. The fourth-order valence-corrected chi connectivity index (χ4v) is 4.27. The smallest absolute Gasteiger partial charge is 0.328 e. The molecule has 0 aliphatic carbocycles. The van der Waals surface area contributed by atoms with Gasteiger partial charge in [-0.05, 0) is 36.6 Å². The molecular formula is C23H27NO7S. The van der Waals surface area contributed by atoms with E-state index in [2.05, 4.69) is 29.6 Å². The van der Waals surface area contributed by atoms with Crippen LogP contribution in [0.1, 0.15) is 17.9 Å². The predicted octanol–water partition coefficient (Wildman–Crippen LogP) is 2.57. The summed E-state index contributed by atoms with van der Waals surface area (Å²) >= 11 is 0. The van der Waals surface area contributed by atoms with Crippen molar-refractivity contribution in [3.8, 4) is 5.75 Å². The van der Waals surface area contributed by atoms with Crippen LogP contribution in [0.5, 0.6) is 5.75 Å². The third kappa shape index (κ3) is 8.16. The Balaban J connectivity index is 0.000000390. The molecule has 172 valence electrons. The molecule has 8 nitrogen and oxygen atoms in total. The highest BCUT2D eigenvalue weighted by atomic mass is 32.2. The molecular weight excluding hydrogens is 434 g/mol. The van der Waals surface area contributed by atoms with Crippen LogP contribution in [0.4, 0.5) is 0 Å².